The second-order valence-corrected chi connectivity index (χ2v) is 5.14. The molecule has 0 amide bonds. The number of carbonyl (C=O) groups excluding carboxylic acids is 1. The molecule has 1 aromatic heterocycles. The molecule has 1 heterocycles. The molecule has 2 aromatic carbocycles. The van der Waals surface area contributed by atoms with E-state index >= 15 is 0 Å². The minimum absolute atomic E-state index is 0.0188. The molecule has 3 rings (SSSR count). The summed E-state index contributed by atoms with van der Waals surface area (Å²) < 4.78 is 40.3. The van der Waals surface area contributed by atoms with E-state index in [1.807, 2.05) is 0 Å². The molecule has 0 aliphatic carbocycles. The molecule has 0 saturated heterocycles. The normalized spacial score (nSPS) is 11.3. The standard InChI is InChI=1S/C19H12F3NO/c20-19(21,22)15-10-6-9-14(17(15)16-11-4-5-12-23-16)18(24)13-7-2-1-3-8-13/h1-12H. The van der Waals surface area contributed by atoms with E-state index in [1.54, 1.807) is 42.5 Å². The van der Waals surface area contributed by atoms with Crippen LogP contribution in [0.3, 0.4) is 0 Å². The van der Waals surface area contributed by atoms with Crippen molar-refractivity contribution in [3.63, 3.8) is 0 Å². The Morgan fingerprint density at radius 2 is 1.54 bits per heavy atom. The first kappa shape index (κ1) is 15.9. The van der Waals surface area contributed by atoms with Crippen molar-refractivity contribution in [2.24, 2.45) is 0 Å². The highest BCUT2D eigenvalue weighted by atomic mass is 19.4. The first-order valence-electron chi connectivity index (χ1n) is 7.20. The Kier molecular flexibility index (Phi) is 4.16. The highest BCUT2D eigenvalue weighted by Gasteiger charge is 2.36. The third-order valence-corrected chi connectivity index (χ3v) is 3.57. The number of halogens is 3. The minimum atomic E-state index is -4.58. The van der Waals surface area contributed by atoms with Crippen LogP contribution in [0.2, 0.25) is 0 Å². The summed E-state index contributed by atoms with van der Waals surface area (Å²) in [6.07, 6.45) is -3.18. The van der Waals surface area contributed by atoms with Gasteiger partial charge in [-0.25, -0.2) is 0 Å². The molecule has 0 saturated carbocycles. The number of hydrogen-bond donors (Lipinski definition) is 0. The Morgan fingerprint density at radius 1 is 0.833 bits per heavy atom. The lowest BCUT2D eigenvalue weighted by atomic mass is 9.92. The van der Waals surface area contributed by atoms with E-state index in [0.29, 0.717) is 5.56 Å². The third kappa shape index (κ3) is 3.06. The average Bonchev–Trinajstić information content (AvgIpc) is 2.61. The highest BCUT2D eigenvalue weighted by Crippen LogP contribution is 2.38. The number of rotatable bonds is 3. The van der Waals surface area contributed by atoms with Crippen LogP contribution in [0.4, 0.5) is 13.2 Å². The zero-order valence-electron chi connectivity index (χ0n) is 12.4. The highest BCUT2D eigenvalue weighted by molar-refractivity contribution is 6.13. The molecule has 5 heteroatoms. The molecule has 24 heavy (non-hydrogen) atoms. The van der Waals surface area contributed by atoms with Gasteiger partial charge in [0.2, 0.25) is 0 Å². The maximum absolute atomic E-state index is 13.4. The van der Waals surface area contributed by atoms with Crippen LogP contribution >= 0.6 is 0 Å². The summed E-state index contributed by atoms with van der Waals surface area (Å²) in [5.41, 5.74) is -0.643. The Hall–Kier alpha value is -2.95. The van der Waals surface area contributed by atoms with E-state index in [4.69, 9.17) is 0 Å². The van der Waals surface area contributed by atoms with Crippen molar-refractivity contribution < 1.29 is 18.0 Å². The van der Waals surface area contributed by atoms with Gasteiger partial charge in [0.05, 0.1) is 11.3 Å². The molecular formula is C19H12F3NO. The van der Waals surface area contributed by atoms with Gasteiger partial charge in [-0.05, 0) is 18.2 Å². The number of aromatic nitrogens is 1. The van der Waals surface area contributed by atoms with Crippen molar-refractivity contribution in [1.82, 2.24) is 4.98 Å². The van der Waals surface area contributed by atoms with Crippen LogP contribution in [-0.4, -0.2) is 10.8 Å². The molecule has 2 nitrogen and oxygen atoms in total. The smallest absolute Gasteiger partial charge is 0.289 e. The molecule has 0 spiro atoms. The van der Waals surface area contributed by atoms with Crippen LogP contribution in [0.15, 0.2) is 72.9 Å². The van der Waals surface area contributed by atoms with Crippen molar-refractivity contribution in [1.29, 1.82) is 0 Å². The largest absolute Gasteiger partial charge is 0.417 e. The lowest BCUT2D eigenvalue weighted by Gasteiger charge is -2.16. The van der Waals surface area contributed by atoms with Gasteiger partial charge in [0, 0.05) is 22.9 Å². The fourth-order valence-electron chi connectivity index (χ4n) is 2.51. The summed E-state index contributed by atoms with van der Waals surface area (Å²) in [6.45, 7) is 0. The van der Waals surface area contributed by atoms with Gasteiger partial charge in [-0.3, -0.25) is 9.78 Å². The van der Waals surface area contributed by atoms with Gasteiger partial charge in [0.1, 0.15) is 0 Å². The van der Waals surface area contributed by atoms with Crippen molar-refractivity contribution in [3.8, 4) is 11.3 Å². The molecule has 0 radical (unpaired) electrons. The van der Waals surface area contributed by atoms with Crippen LogP contribution < -0.4 is 0 Å². The Labute approximate surface area is 136 Å². The summed E-state index contributed by atoms with van der Waals surface area (Å²) in [5, 5.41) is 0. The summed E-state index contributed by atoms with van der Waals surface area (Å²) in [6, 6.07) is 16.5. The number of carbonyl (C=O) groups is 1. The third-order valence-electron chi connectivity index (χ3n) is 3.57. The van der Waals surface area contributed by atoms with Crippen LogP contribution in [0.5, 0.6) is 0 Å². The summed E-state index contributed by atoms with van der Waals surface area (Å²) in [4.78, 5) is 16.7. The second kappa shape index (κ2) is 6.28. The average molecular weight is 327 g/mol. The number of benzene rings is 2. The number of pyridine rings is 1. The maximum atomic E-state index is 13.4. The Morgan fingerprint density at radius 3 is 2.17 bits per heavy atom. The Balaban J connectivity index is 2.26. The van der Waals surface area contributed by atoms with Gasteiger partial charge in [0.25, 0.3) is 0 Å². The zero-order chi connectivity index (χ0) is 17.2. The number of nitrogens with zero attached hydrogens (tertiary/aromatic N) is 1. The minimum Gasteiger partial charge on any atom is -0.289 e. The summed E-state index contributed by atoms with van der Waals surface area (Å²) in [5.74, 6) is -0.470. The van der Waals surface area contributed by atoms with Gasteiger partial charge >= 0.3 is 6.18 Å². The van der Waals surface area contributed by atoms with E-state index < -0.39 is 17.5 Å². The maximum Gasteiger partial charge on any atom is 0.417 e. The number of hydrogen-bond acceptors (Lipinski definition) is 2. The van der Waals surface area contributed by atoms with Crippen molar-refractivity contribution in [2.75, 3.05) is 0 Å². The van der Waals surface area contributed by atoms with Gasteiger partial charge < -0.3 is 0 Å². The van der Waals surface area contributed by atoms with Gasteiger partial charge in [0.15, 0.2) is 5.78 Å². The van der Waals surface area contributed by atoms with E-state index in [-0.39, 0.29) is 16.8 Å². The van der Waals surface area contributed by atoms with Crippen LogP contribution in [-0.2, 0) is 6.18 Å². The van der Waals surface area contributed by atoms with E-state index in [9.17, 15) is 18.0 Å². The molecule has 0 bridgehead atoms. The van der Waals surface area contributed by atoms with E-state index in [0.717, 1.165) is 6.07 Å². The molecule has 0 unspecified atom stereocenters. The number of alkyl halides is 3. The molecule has 0 N–H and O–H groups in total. The topological polar surface area (TPSA) is 30.0 Å². The first-order chi connectivity index (χ1) is 11.5. The first-order valence-corrected chi connectivity index (χ1v) is 7.20. The van der Waals surface area contributed by atoms with Gasteiger partial charge in [-0.1, -0.05) is 48.5 Å². The monoisotopic (exact) mass is 327 g/mol. The van der Waals surface area contributed by atoms with Crippen molar-refractivity contribution in [2.45, 2.75) is 6.18 Å². The summed E-state index contributed by atoms with van der Waals surface area (Å²) >= 11 is 0. The van der Waals surface area contributed by atoms with Gasteiger partial charge in [-0.15, -0.1) is 0 Å². The summed E-state index contributed by atoms with van der Waals surface area (Å²) in [7, 11) is 0. The van der Waals surface area contributed by atoms with Crippen LogP contribution in [0.1, 0.15) is 21.5 Å². The van der Waals surface area contributed by atoms with Crippen molar-refractivity contribution in [3.05, 3.63) is 89.6 Å². The zero-order valence-corrected chi connectivity index (χ0v) is 12.4. The molecule has 3 aromatic rings. The predicted molar refractivity (Wildman–Crippen MR) is 84.5 cm³/mol. The van der Waals surface area contributed by atoms with Crippen LogP contribution in [0.25, 0.3) is 11.3 Å². The van der Waals surface area contributed by atoms with Crippen LogP contribution in [0, 0.1) is 0 Å². The molecule has 120 valence electrons. The van der Waals surface area contributed by atoms with E-state index in [1.165, 1.54) is 24.4 Å². The predicted octanol–water partition coefficient (Wildman–Crippen LogP) is 5.00. The molecule has 0 aliphatic heterocycles. The quantitative estimate of drug-likeness (QED) is 0.634. The molecule has 0 aliphatic rings. The molecular weight excluding hydrogens is 315 g/mol. The van der Waals surface area contributed by atoms with Crippen molar-refractivity contribution >= 4 is 5.78 Å². The molecule has 0 fully saturated rings. The lowest BCUT2D eigenvalue weighted by Crippen LogP contribution is -2.12. The SMILES string of the molecule is O=C(c1ccccc1)c1cccc(C(F)(F)F)c1-c1ccccn1. The molecule has 0 atom stereocenters. The second-order valence-electron chi connectivity index (χ2n) is 5.14. The van der Waals surface area contributed by atoms with Gasteiger partial charge in [-0.2, -0.15) is 13.2 Å². The lowest BCUT2D eigenvalue weighted by molar-refractivity contribution is -0.137. The van der Waals surface area contributed by atoms with E-state index in [2.05, 4.69) is 4.98 Å². The Bertz CT molecular complexity index is 859. The number of ketones is 1. The fraction of sp³-hybridized carbons (Fsp3) is 0.0526. The fourth-order valence-corrected chi connectivity index (χ4v) is 2.51.